The number of halogens is 2. The molecule has 0 saturated heterocycles. The highest BCUT2D eigenvalue weighted by atomic mass is 19.1. The maximum Gasteiger partial charge on any atom is 0.255 e. The van der Waals surface area contributed by atoms with Gasteiger partial charge in [-0.1, -0.05) is 5.16 Å². The van der Waals surface area contributed by atoms with E-state index >= 15 is 4.39 Å². The molecule has 42 heavy (non-hydrogen) atoms. The number of ether oxygens (including phenoxy) is 1. The van der Waals surface area contributed by atoms with Crippen LogP contribution in [0.25, 0.3) is 27.9 Å². The van der Waals surface area contributed by atoms with Crippen LogP contribution in [0.3, 0.4) is 0 Å². The van der Waals surface area contributed by atoms with Crippen LogP contribution in [0.5, 0.6) is 5.75 Å². The van der Waals surface area contributed by atoms with E-state index in [2.05, 4.69) is 25.9 Å². The number of hydrogen-bond donors (Lipinski definition) is 2. The molecule has 0 radical (unpaired) electrons. The summed E-state index contributed by atoms with van der Waals surface area (Å²) in [6, 6.07) is 10.2. The van der Waals surface area contributed by atoms with Gasteiger partial charge in [0.15, 0.2) is 11.6 Å². The Morgan fingerprint density at radius 2 is 1.79 bits per heavy atom. The Labute approximate surface area is 238 Å². The zero-order valence-corrected chi connectivity index (χ0v) is 23.2. The van der Waals surface area contributed by atoms with E-state index in [1.165, 1.54) is 55.2 Å². The maximum absolute atomic E-state index is 16.4. The molecule has 0 atom stereocenters. The number of hydrogen-bond acceptors (Lipinski definition) is 7. The van der Waals surface area contributed by atoms with Crippen molar-refractivity contribution in [1.29, 1.82) is 0 Å². The van der Waals surface area contributed by atoms with Gasteiger partial charge in [0.25, 0.3) is 17.7 Å². The number of rotatable bonds is 7. The molecule has 0 unspecified atom stereocenters. The molecule has 1 saturated carbocycles. The number of aryl methyl sites for hydroxylation is 2. The molecule has 0 spiro atoms. The summed E-state index contributed by atoms with van der Waals surface area (Å²) < 4.78 is 42.1. The second-order valence-electron chi connectivity index (χ2n) is 10.2. The Balaban J connectivity index is 1.47. The van der Waals surface area contributed by atoms with Gasteiger partial charge in [-0.25, -0.2) is 13.3 Å². The van der Waals surface area contributed by atoms with E-state index in [1.807, 2.05) is 0 Å². The summed E-state index contributed by atoms with van der Waals surface area (Å²) in [5.41, 5.74) is 1.22. The summed E-state index contributed by atoms with van der Waals surface area (Å²) in [6.07, 6.45) is 2.80. The van der Waals surface area contributed by atoms with E-state index < -0.39 is 29.0 Å². The molecule has 5 aromatic rings. The lowest BCUT2D eigenvalue weighted by molar-refractivity contribution is 0.0916. The lowest BCUT2D eigenvalue weighted by Crippen LogP contribution is -2.35. The molecular formula is C30H26F2N6O4. The third kappa shape index (κ3) is 4.44. The van der Waals surface area contributed by atoms with Crippen LogP contribution in [0.2, 0.25) is 0 Å². The van der Waals surface area contributed by atoms with Gasteiger partial charge in [-0.15, -0.1) is 0 Å². The van der Waals surface area contributed by atoms with Crippen molar-refractivity contribution in [3.05, 3.63) is 88.7 Å². The Morgan fingerprint density at radius 3 is 2.40 bits per heavy atom. The molecule has 0 bridgehead atoms. The molecule has 1 aliphatic carbocycles. The number of methoxy groups -OCH3 is 1. The van der Waals surface area contributed by atoms with Crippen molar-refractivity contribution >= 4 is 17.3 Å². The van der Waals surface area contributed by atoms with Crippen molar-refractivity contribution in [2.75, 3.05) is 14.2 Å². The van der Waals surface area contributed by atoms with E-state index in [9.17, 15) is 14.0 Å². The number of aromatic nitrogens is 4. The topological polar surface area (TPSA) is 124 Å². The Kier molecular flexibility index (Phi) is 6.48. The van der Waals surface area contributed by atoms with Crippen molar-refractivity contribution in [2.24, 2.45) is 0 Å². The first kappa shape index (κ1) is 27.1. The van der Waals surface area contributed by atoms with Crippen LogP contribution in [-0.4, -0.2) is 45.7 Å². The Bertz CT molecular complexity index is 1880. The molecule has 6 rings (SSSR count). The van der Waals surface area contributed by atoms with Gasteiger partial charge >= 0.3 is 0 Å². The minimum atomic E-state index is -0.769. The third-order valence-corrected chi connectivity index (χ3v) is 7.43. The first-order chi connectivity index (χ1) is 20.2. The van der Waals surface area contributed by atoms with Crippen molar-refractivity contribution in [3.63, 3.8) is 0 Å². The molecule has 3 heterocycles. The van der Waals surface area contributed by atoms with E-state index in [-0.39, 0.29) is 27.9 Å². The van der Waals surface area contributed by atoms with Crippen molar-refractivity contribution < 1.29 is 27.6 Å². The number of nitrogens with zero attached hydrogens (tertiary/aromatic N) is 4. The number of fused-ring (bicyclic) bond motifs is 1. The molecule has 0 aliphatic heterocycles. The Hall–Kier alpha value is -5.13. The molecule has 1 fully saturated rings. The number of pyridine rings is 1. The lowest BCUT2D eigenvalue weighted by Gasteiger charge is -2.17. The Morgan fingerprint density at radius 1 is 1.05 bits per heavy atom. The van der Waals surface area contributed by atoms with Gasteiger partial charge in [0.1, 0.15) is 28.3 Å². The van der Waals surface area contributed by atoms with Gasteiger partial charge in [-0.2, -0.15) is 10.1 Å². The third-order valence-electron chi connectivity index (χ3n) is 7.43. The van der Waals surface area contributed by atoms with Crippen LogP contribution in [0.15, 0.2) is 53.2 Å². The molecule has 214 valence electrons. The van der Waals surface area contributed by atoms with E-state index in [0.29, 0.717) is 47.0 Å². The fourth-order valence-electron chi connectivity index (χ4n) is 5.07. The van der Waals surface area contributed by atoms with Crippen LogP contribution in [-0.2, 0) is 5.54 Å². The number of amides is 2. The highest BCUT2D eigenvalue weighted by molar-refractivity contribution is 6.07. The second-order valence-corrected chi connectivity index (χ2v) is 10.2. The lowest BCUT2D eigenvalue weighted by atomic mass is 9.96. The summed E-state index contributed by atoms with van der Waals surface area (Å²) in [5.74, 6) is -1.07. The van der Waals surface area contributed by atoms with Crippen molar-refractivity contribution in [1.82, 2.24) is 30.4 Å². The van der Waals surface area contributed by atoms with E-state index in [4.69, 9.17) is 9.26 Å². The van der Waals surface area contributed by atoms with Crippen molar-refractivity contribution in [2.45, 2.75) is 32.2 Å². The summed E-state index contributed by atoms with van der Waals surface area (Å²) in [6.45, 7) is 3.47. The second kappa shape index (κ2) is 10.1. The maximum atomic E-state index is 16.4. The minimum absolute atomic E-state index is 0.00175. The number of benzene rings is 2. The monoisotopic (exact) mass is 572 g/mol. The van der Waals surface area contributed by atoms with Gasteiger partial charge in [0.2, 0.25) is 0 Å². The smallest absolute Gasteiger partial charge is 0.255 e. The molecule has 2 N–H and O–H groups in total. The van der Waals surface area contributed by atoms with Crippen LogP contribution >= 0.6 is 0 Å². The molecular weight excluding hydrogens is 546 g/mol. The van der Waals surface area contributed by atoms with Gasteiger partial charge in [0.05, 0.1) is 18.2 Å². The first-order valence-electron chi connectivity index (χ1n) is 13.2. The molecule has 12 heteroatoms. The predicted molar refractivity (Wildman–Crippen MR) is 148 cm³/mol. The van der Waals surface area contributed by atoms with Gasteiger partial charge in [0, 0.05) is 24.4 Å². The normalized spacial score (nSPS) is 13.7. The summed E-state index contributed by atoms with van der Waals surface area (Å²) in [7, 11) is 2.88. The highest BCUT2D eigenvalue weighted by Crippen LogP contribution is 2.45. The quantitative estimate of drug-likeness (QED) is 0.289. The van der Waals surface area contributed by atoms with Gasteiger partial charge in [-0.05, 0) is 80.3 Å². The zero-order chi connectivity index (χ0) is 29.8. The summed E-state index contributed by atoms with van der Waals surface area (Å²) in [4.78, 5) is 30.8. The summed E-state index contributed by atoms with van der Waals surface area (Å²) >= 11 is 0. The van der Waals surface area contributed by atoms with Gasteiger partial charge < -0.3 is 19.9 Å². The van der Waals surface area contributed by atoms with Crippen molar-refractivity contribution in [3.8, 4) is 28.1 Å². The molecule has 10 nitrogen and oxygen atoms in total. The summed E-state index contributed by atoms with van der Waals surface area (Å²) in [5, 5.41) is 13.8. The average molecular weight is 573 g/mol. The fraction of sp³-hybridized carbons (Fsp3) is 0.233. The standard InChI is InChI=1S/C30H26F2N6O4/c1-15-13-22(41-4)21(27(39)35-30(10-11-30)29-34-16(2)37-42-29)14-20(15)19-9-12-38-26(24(19)32)23(28(40)33-3)25(36-38)17-5-7-18(31)8-6-17/h5-9,12-14H,10-11H2,1-4H3,(H,33,40)(H,35,39). The molecule has 1 aliphatic rings. The fourth-order valence-corrected chi connectivity index (χ4v) is 5.07. The van der Waals surface area contributed by atoms with E-state index in [0.717, 1.165) is 0 Å². The van der Waals surface area contributed by atoms with Crippen LogP contribution in [0, 0.1) is 25.5 Å². The number of nitrogens with one attached hydrogen (secondary N) is 2. The minimum Gasteiger partial charge on any atom is -0.496 e. The molecule has 2 amide bonds. The molecule has 2 aromatic carbocycles. The largest absolute Gasteiger partial charge is 0.496 e. The SMILES string of the molecule is CNC(=O)c1c(-c2ccc(F)cc2)nn2ccc(-c3cc(C(=O)NC4(c5nc(C)no5)CC4)c(OC)cc3C)c(F)c12. The highest BCUT2D eigenvalue weighted by Gasteiger charge is 2.51. The average Bonchev–Trinajstić information content (AvgIpc) is 3.43. The number of carbonyl (C=O) groups is 2. The first-order valence-corrected chi connectivity index (χ1v) is 13.2. The van der Waals surface area contributed by atoms with Gasteiger partial charge in [-0.3, -0.25) is 9.59 Å². The number of carbonyl (C=O) groups excluding carboxylic acids is 2. The molecule has 3 aromatic heterocycles. The predicted octanol–water partition coefficient (Wildman–Crippen LogP) is 4.73. The van der Waals surface area contributed by atoms with Crippen LogP contribution < -0.4 is 15.4 Å². The van der Waals surface area contributed by atoms with Crippen LogP contribution in [0.4, 0.5) is 8.78 Å². The van der Waals surface area contributed by atoms with Crippen LogP contribution in [0.1, 0.15) is 50.8 Å². The van der Waals surface area contributed by atoms with E-state index in [1.54, 1.807) is 26.0 Å². The zero-order valence-electron chi connectivity index (χ0n) is 23.2.